The zero-order valence-corrected chi connectivity index (χ0v) is 16.2. The topological polar surface area (TPSA) is 174 Å². The van der Waals surface area contributed by atoms with Crippen LogP contribution in [0, 0.1) is 11.3 Å². The second-order valence-corrected chi connectivity index (χ2v) is 7.07. The lowest BCUT2D eigenvalue weighted by Crippen LogP contribution is -2.46. The van der Waals surface area contributed by atoms with Crippen molar-refractivity contribution in [3.05, 3.63) is 22.3 Å². The highest BCUT2D eigenvalue weighted by Crippen LogP contribution is 2.29. The fourth-order valence-electron chi connectivity index (χ4n) is 2.82. The summed E-state index contributed by atoms with van der Waals surface area (Å²) in [6.07, 6.45) is 0. The number of nitriles is 1. The molecule has 1 fully saturated rings. The van der Waals surface area contributed by atoms with Crippen molar-refractivity contribution in [1.82, 2.24) is 20.3 Å². The van der Waals surface area contributed by atoms with Gasteiger partial charge in [0.2, 0.25) is 0 Å². The zero-order chi connectivity index (χ0) is 21.1. The Balaban J connectivity index is 1.79. The third kappa shape index (κ3) is 3.99. The number of aromatic nitrogens is 1. The average molecular weight is 440 g/mol. The number of halogens is 1. The molecule has 2 aliphatic rings. The lowest BCUT2D eigenvalue weighted by molar-refractivity contribution is -0.143. The Kier molecular flexibility index (Phi) is 5.97. The van der Waals surface area contributed by atoms with Crippen LogP contribution in [-0.4, -0.2) is 75.2 Å². The number of nitrogens with zero attached hydrogens (tertiary/aromatic N) is 5. The molecule has 152 valence electrons. The number of oxime groups is 1. The predicted octanol–water partition coefficient (Wildman–Crippen LogP) is -0.895. The number of hydrogen-bond donors (Lipinski definition) is 3. The Bertz CT molecular complexity index is 969. The van der Waals surface area contributed by atoms with Crippen LogP contribution in [0.4, 0.5) is 5.13 Å². The van der Waals surface area contributed by atoms with Gasteiger partial charge in [0.05, 0.1) is 24.1 Å². The molecule has 14 heteroatoms. The lowest BCUT2D eigenvalue weighted by atomic mass is 10.2. The molecular formula is C15H14ClN7O5S. The molecule has 0 aromatic carbocycles. The van der Waals surface area contributed by atoms with Crippen molar-refractivity contribution < 1.29 is 24.3 Å². The van der Waals surface area contributed by atoms with E-state index in [0.29, 0.717) is 0 Å². The van der Waals surface area contributed by atoms with Gasteiger partial charge >= 0.3 is 5.97 Å². The van der Waals surface area contributed by atoms with Crippen LogP contribution >= 0.6 is 22.9 Å². The molecule has 3 heterocycles. The van der Waals surface area contributed by atoms with E-state index >= 15 is 0 Å². The Hall–Kier alpha value is -3.21. The fraction of sp³-hybridized carbons (Fsp3) is 0.333. The van der Waals surface area contributed by atoms with Crippen molar-refractivity contribution in [2.45, 2.75) is 6.04 Å². The van der Waals surface area contributed by atoms with Gasteiger partial charge in [-0.2, -0.15) is 5.26 Å². The number of amides is 2. The van der Waals surface area contributed by atoms with E-state index in [9.17, 15) is 19.5 Å². The van der Waals surface area contributed by atoms with E-state index in [1.807, 2.05) is 0 Å². The number of carbonyl (C=O) groups is 3. The number of carbonyl (C=O) groups excluding carboxylic acids is 2. The Labute approximate surface area is 172 Å². The van der Waals surface area contributed by atoms with E-state index in [1.165, 1.54) is 10.4 Å². The number of nitrogen functional groups attached to an aromatic ring is 1. The highest BCUT2D eigenvalue weighted by molar-refractivity contribution is 7.13. The Morgan fingerprint density at radius 2 is 2.34 bits per heavy atom. The monoisotopic (exact) mass is 439 g/mol. The van der Waals surface area contributed by atoms with Gasteiger partial charge in [0.1, 0.15) is 18.3 Å². The molecule has 0 unspecified atom stereocenters. The maximum atomic E-state index is 12.7. The summed E-state index contributed by atoms with van der Waals surface area (Å²) in [5, 5.41) is 28.6. The fourth-order valence-corrected chi connectivity index (χ4v) is 3.43. The molecular weight excluding hydrogens is 426 g/mol. The first-order valence-corrected chi connectivity index (χ1v) is 9.52. The van der Waals surface area contributed by atoms with Crippen LogP contribution < -0.4 is 11.1 Å². The number of thiazole rings is 1. The number of hydrazine groups is 1. The minimum atomic E-state index is -1.40. The maximum Gasteiger partial charge on any atom is 0.355 e. The van der Waals surface area contributed by atoms with Gasteiger partial charge < -0.3 is 21.0 Å². The first kappa shape index (κ1) is 20.5. The van der Waals surface area contributed by atoms with Crippen molar-refractivity contribution in [3.8, 4) is 6.07 Å². The molecule has 0 bridgehead atoms. The number of hydrogen-bond acceptors (Lipinski definition) is 10. The number of alkyl halides is 1. The molecule has 3 rings (SSSR count). The average Bonchev–Trinajstić information content (AvgIpc) is 3.34. The highest BCUT2D eigenvalue weighted by atomic mass is 35.5. The summed E-state index contributed by atoms with van der Waals surface area (Å²) in [5.74, 6) is -2.69. The molecule has 1 saturated heterocycles. The van der Waals surface area contributed by atoms with Gasteiger partial charge in [-0.15, -0.1) is 22.9 Å². The number of rotatable bonds is 7. The number of fused-ring (bicyclic) bond motifs is 1. The van der Waals surface area contributed by atoms with Crippen molar-refractivity contribution in [3.63, 3.8) is 0 Å². The summed E-state index contributed by atoms with van der Waals surface area (Å²) < 4.78 is 0. The minimum Gasteiger partial charge on any atom is -0.476 e. The van der Waals surface area contributed by atoms with Crippen LogP contribution in [0.15, 0.2) is 21.8 Å². The lowest BCUT2D eigenvalue weighted by Gasteiger charge is -2.18. The molecule has 1 aromatic heterocycles. The predicted molar refractivity (Wildman–Crippen MR) is 100 cm³/mol. The molecule has 2 amide bonds. The Morgan fingerprint density at radius 3 is 2.93 bits per heavy atom. The van der Waals surface area contributed by atoms with Crippen LogP contribution in [0.25, 0.3) is 0 Å². The van der Waals surface area contributed by atoms with Crippen LogP contribution in [0.2, 0.25) is 0 Å². The number of carboxylic acids is 1. The smallest absolute Gasteiger partial charge is 0.355 e. The van der Waals surface area contributed by atoms with Gasteiger partial charge in [0.25, 0.3) is 11.8 Å². The van der Waals surface area contributed by atoms with Gasteiger partial charge in [-0.3, -0.25) is 9.59 Å². The molecule has 1 aromatic rings. The molecule has 0 spiro atoms. The van der Waals surface area contributed by atoms with Gasteiger partial charge in [-0.25, -0.2) is 19.8 Å². The zero-order valence-electron chi connectivity index (χ0n) is 14.7. The third-order valence-electron chi connectivity index (χ3n) is 3.97. The van der Waals surface area contributed by atoms with E-state index < -0.39 is 29.5 Å². The van der Waals surface area contributed by atoms with Crippen molar-refractivity contribution in [1.29, 1.82) is 5.26 Å². The van der Waals surface area contributed by atoms with Crippen molar-refractivity contribution in [2.75, 3.05) is 31.3 Å². The summed E-state index contributed by atoms with van der Waals surface area (Å²) in [5.41, 5.74) is 5.09. The van der Waals surface area contributed by atoms with Crippen LogP contribution in [0.5, 0.6) is 0 Å². The molecule has 29 heavy (non-hydrogen) atoms. The Morgan fingerprint density at radius 1 is 1.59 bits per heavy atom. The van der Waals surface area contributed by atoms with E-state index in [0.717, 1.165) is 16.3 Å². The van der Waals surface area contributed by atoms with Gasteiger partial charge in [-0.1, -0.05) is 5.16 Å². The summed E-state index contributed by atoms with van der Waals surface area (Å²) in [7, 11) is 0. The van der Waals surface area contributed by atoms with Crippen LogP contribution in [0.3, 0.4) is 0 Å². The third-order valence-corrected chi connectivity index (χ3v) is 4.80. The SMILES string of the molecule is N#CC1=C(C(=O)O)N2C(=O)[C@@H](NC(=O)/C(=N/OCCCl)c3csc(N)n3)CN2C1. The number of nitrogens with one attached hydrogen (secondary N) is 1. The molecule has 0 radical (unpaired) electrons. The van der Waals surface area contributed by atoms with Gasteiger partial charge in [-0.05, 0) is 0 Å². The largest absolute Gasteiger partial charge is 0.476 e. The first-order valence-electron chi connectivity index (χ1n) is 8.10. The number of carboxylic acid groups (broad SMARTS) is 1. The first-order chi connectivity index (χ1) is 13.9. The van der Waals surface area contributed by atoms with E-state index in [4.69, 9.17) is 27.4 Å². The summed E-state index contributed by atoms with van der Waals surface area (Å²) in [6, 6.07) is 0.732. The number of anilines is 1. The second kappa shape index (κ2) is 8.43. The summed E-state index contributed by atoms with van der Waals surface area (Å²) in [4.78, 5) is 45.8. The molecule has 2 aliphatic heterocycles. The van der Waals surface area contributed by atoms with Crippen molar-refractivity contribution >= 4 is 51.6 Å². The van der Waals surface area contributed by atoms with Crippen molar-refractivity contribution in [2.24, 2.45) is 5.16 Å². The maximum absolute atomic E-state index is 12.7. The quantitative estimate of drug-likeness (QED) is 0.210. The number of aliphatic carboxylic acids is 1. The van der Waals surface area contributed by atoms with Gasteiger partial charge in [0, 0.05) is 11.9 Å². The highest BCUT2D eigenvalue weighted by Gasteiger charge is 2.48. The molecule has 4 N–H and O–H groups in total. The van der Waals surface area contributed by atoms with Crippen LogP contribution in [-0.2, 0) is 19.2 Å². The summed E-state index contributed by atoms with van der Waals surface area (Å²) in [6.45, 7) is -0.00816. The minimum absolute atomic E-state index is 0.0123. The van der Waals surface area contributed by atoms with Gasteiger partial charge in [0.15, 0.2) is 16.5 Å². The molecule has 12 nitrogen and oxygen atoms in total. The van der Waals surface area contributed by atoms with E-state index in [1.54, 1.807) is 6.07 Å². The summed E-state index contributed by atoms with van der Waals surface area (Å²) >= 11 is 6.62. The van der Waals surface area contributed by atoms with E-state index in [-0.39, 0.29) is 47.7 Å². The molecule has 0 aliphatic carbocycles. The normalized spacial score (nSPS) is 19.3. The molecule has 1 atom stereocenters. The number of nitrogens with two attached hydrogens (primary N) is 1. The van der Waals surface area contributed by atoms with Crippen LogP contribution in [0.1, 0.15) is 5.69 Å². The second-order valence-electron chi connectivity index (χ2n) is 5.80. The molecule has 0 saturated carbocycles. The standard InChI is InChI=1S/C15H14ClN7O5S/c16-1-2-28-21-10(9-6-29-15(18)20-9)12(24)19-8-5-22-4-7(3-17)11(14(26)27)23(22)13(8)25/h6,8H,1-2,4-5H2,(H2,18,20)(H,19,24)(H,26,27)/b21-10+/t8-/m0/s1. The van der Waals surface area contributed by atoms with E-state index in [2.05, 4.69) is 15.5 Å².